The van der Waals surface area contributed by atoms with E-state index in [2.05, 4.69) is 68.4 Å². The molecule has 1 N–H and O–H groups in total. The predicted molar refractivity (Wildman–Crippen MR) is 125 cm³/mol. The second-order valence-electron chi connectivity index (χ2n) is 7.97. The minimum Gasteiger partial charge on any atom is -0.357 e. The van der Waals surface area contributed by atoms with Crippen LogP contribution in [0.15, 0.2) is 58.2 Å². The quantitative estimate of drug-likeness (QED) is 0.453. The van der Waals surface area contributed by atoms with Crippen molar-refractivity contribution in [3.05, 3.63) is 65.6 Å². The number of aromatic nitrogens is 3. The van der Waals surface area contributed by atoms with Crippen molar-refractivity contribution in [3.8, 4) is 11.6 Å². The van der Waals surface area contributed by atoms with Gasteiger partial charge in [0.25, 0.3) is 5.89 Å². The zero-order valence-corrected chi connectivity index (χ0v) is 18.9. The highest BCUT2D eigenvalue weighted by Gasteiger charge is 2.19. The molecular formula is C24H31N7O. The zero-order valence-electron chi connectivity index (χ0n) is 18.9. The Morgan fingerprint density at radius 1 is 1.12 bits per heavy atom. The first kappa shape index (κ1) is 22.0. The number of piperazine rings is 1. The number of benzene rings is 1. The van der Waals surface area contributed by atoms with Crippen molar-refractivity contribution in [1.29, 1.82) is 0 Å². The van der Waals surface area contributed by atoms with Crippen molar-refractivity contribution in [2.45, 2.75) is 26.8 Å². The molecule has 0 aliphatic carbocycles. The lowest BCUT2D eigenvalue weighted by molar-refractivity contribution is 0.172. The lowest BCUT2D eigenvalue weighted by atomic mass is 10.1. The number of guanidine groups is 1. The fraction of sp³-hybridized carbons (Fsp3) is 0.417. The van der Waals surface area contributed by atoms with Gasteiger partial charge in [-0.25, -0.2) is 0 Å². The largest absolute Gasteiger partial charge is 0.357 e. The predicted octanol–water partition coefficient (Wildman–Crippen LogP) is 2.77. The smallest absolute Gasteiger partial charge is 0.276 e. The maximum absolute atomic E-state index is 5.34. The van der Waals surface area contributed by atoms with E-state index in [1.165, 1.54) is 11.1 Å². The summed E-state index contributed by atoms with van der Waals surface area (Å²) in [7, 11) is 0. The van der Waals surface area contributed by atoms with Crippen LogP contribution in [-0.2, 0) is 13.0 Å². The number of rotatable bonds is 7. The second-order valence-corrected chi connectivity index (χ2v) is 7.97. The molecule has 0 bridgehead atoms. The van der Waals surface area contributed by atoms with Gasteiger partial charge in [0.2, 0.25) is 0 Å². The number of aryl methyl sites for hydroxylation is 1. The van der Waals surface area contributed by atoms with Crippen LogP contribution in [0.1, 0.15) is 23.9 Å². The first-order valence-electron chi connectivity index (χ1n) is 11.3. The molecule has 0 spiro atoms. The SMILES string of the molecule is CCNC(=NCCc1noc(-c2ccccn2)n1)N1CCN(Cc2cccc(C)c2)CC1. The molecule has 2 aromatic heterocycles. The number of pyridine rings is 1. The van der Waals surface area contributed by atoms with Crippen LogP contribution in [-0.4, -0.2) is 70.2 Å². The first-order chi connectivity index (χ1) is 15.7. The number of hydrogen-bond acceptors (Lipinski definition) is 6. The van der Waals surface area contributed by atoms with Gasteiger partial charge in [-0.1, -0.05) is 41.1 Å². The molecule has 3 aromatic rings. The number of nitrogens with zero attached hydrogens (tertiary/aromatic N) is 6. The topological polar surface area (TPSA) is 82.7 Å². The minimum absolute atomic E-state index is 0.446. The molecule has 0 radical (unpaired) electrons. The maximum atomic E-state index is 5.34. The van der Waals surface area contributed by atoms with Gasteiger partial charge in [-0.05, 0) is 31.5 Å². The van der Waals surface area contributed by atoms with Crippen LogP contribution in [0.2, 0.25) is 0 Å². The van der Waals surface area contributed by atoms with Crippen LogP contribution in [0, 0.1) is 6.92 Å². The van der Waals surface area contributed by atoms with Gasteiger partial charge in [-0.15, -0.1) is 0 Å². The van der Waals surface area contributed by atoms with Crippen molar-refractivity contribution in [2.24, 2.45) is 4.99 Å². The number of aliphatic imine (C=N–C) groups is 1. The van der Waals surface area contributed by atoms with Gasteiger partial charge in [-0.2, -0.15) is 4.98 Å². The third kappa shape index (κ3) is 5.91. The highest BCUT2D eigenvalue weighted by molar-refractivity contribution is 5.80. The van der Waals surface area contributed by atoms with Crippen LogP contribution >= 0.6 is 0 Å². The van der Waals surface area contributed by atoms with E-state index in [9.17, 15) is 0 Å². The van der Waals surface area contributed by atoms with Gasteiger partial charge in [0.1, 0.15) is 5.69 Å². The Balaban J connectivity index is 1.29. The molecule has 0 unspecified atom stereocenters. The van der Waals surface area contributed by atoms with E-state index in [1.807, 2.05) is 18.2 Å². The lowest BCUT2D eigenvalue weighted by Crippen LogP contribution is -2.52. The van der Waals surface area contributed by atoms with Crippen molar-refractivity contribution in [1.82, 2.24) is 30.2 Å². The summed E-state index contributed by atoms with van der Waals surface area (Å²) in [6, 6.07) is 14.4. The highest BCUT2D eigenvalue weighted by atomic mass is 16.5. The molecule has 1 saturated heterocycles. The summed E-state index contributed by atoms with van der Waals surface area (Å²) in [5.74, 6) is 2.05. The second kappa shape index (κ2) is 10.9. The third-order valence-electron chi connectivity index (χ3n) is 5.44. The molecule has 1 aliphatic rings. The summed E-state index contributed by atoms with van der Waals surface area (Å²) in [4.78, 5) is 18.3. The Morgan fingerprint density at radius 2 is 2.00 bits per heavy atom. The summed E-state index contributed by atoms with van der Waals surface area (Å²) in [5.41, 5.74) is 3.38. The molecule has 3 heterocycles. The van der Waals surface area contributed by atoms with E-state index in [0.717, 1.165) is 45.2 Å². The highest BCUT2D eigenvalue weighted by Crippen LogP contribution is 2.14. The molecule has 0 saturated carbocycles. The average molecular weight is 434 g/mol. The maximum Gasteiger partial charge on any atom is 0.276 e. The Labute approximate surface area is 189 Å². The van der Waals surface area contributed by atoms with Crippen LogP contribution < -0.4 is 5.32 Å². The van der Waals surface area contributed by atoms with Gasteiger partial charge >= 0.3 is 0 Å². The molecule has 1 fully saturated rings. The molecule has 168 valence electrons. The molecule has 32 heavy (non-hydrogen) atoms. The van der Waals surface area contributed by atoms with Gasteiger partial charge in [-0.3, -0.25) is 14.9 Å². The number of hydrogen-bond donors (Lipinski definition) is 1. The monoisotopic (exact) mass is 433 g/mol. The Hall–Kier alpha value is -3.26. The lowest BCUT2D eigenvalue weighted by Gasteiger charge is -2.36. The van der Waals surface area contributed by atoms with E-state index < -0.39 is 0 Å². The van der Waals surface area contributed by atoms with Gasteiger partial charge < -0.3 is 14.7 Å². The van der Waals surface area contributed by atoms with Crippen molar-refractivity contribution < 1.29 is 4.52 Å². The van der Waals surface area contributed by atoms with Crippen molar-refractivity contribution in [3.63, 3.8) is 0 Å². The van der Waals surface area contributed by atoms with Gasteiger partial charge in [0, 0.05) is 58.4 Å². The van der Waals surface area contributed by atoms with E-state index in [4.69, 9.17) is 9.52 Å². The molecule has 4 rings (SSSR count). The zero-order chi connectivity index (χ0) is 22.2. The van der Waals surface area contributed by atoms with E-state index >= 15 is 0 Å². The molecule has 8 nitrogen and oxygen atoms in total. The van der Waals surface area contributed by atoms with Crippen LogP contribution in [0.5, 0.6) is 0 Å². The molecule has 1 aromatic carbocycles. The average Bonchev–Trinajstić information content (AvgIpc) is 3.29. The van der Waals surface area contributed by atoms with Gasteiger partial charge in [0.15, 0.2) is 11.8 Å². The fourth-order valence-electron chi connectivity index (χ4n) is 3.82. The standard InChI is InChI=1S/C24H31N7O/c1-3-25-24(27-12-10-22-28-23(32-29-22)21-9-4-5-11-26-21)31-15-13-30(14-16-31)18-20-8-6-7-19(2)17-20/h4-9,11,17H,3,10,12-16,18H2,1-2H3,(H,25,27). The number of nitrogens with one attached hydrogen (secondary N) is 1. The summed E-state index contributed by atoms with van der Waals surface area (Å²) < 4.78 is 5.34. The molecule has 0 atom stereocenters. The Bertz CT molecular complexity index is 1010. The minimum atomic E-state index is 0.446. The summed E-state index contributed by atoms with van der Waals surface area (Å²) >= 11 is 0. The first-order valence-corrected chi connectivity index (χ1v) is 11.3. The van der Waals surface area contributed by atoms with Gasteiger partial charge in [0.05, 0.1) is 0 Å². The van der Waals surface area contributed by atoms with Crippen LogP contribution in [0.3, 0.4) is 0 Å². The Kier molecular flexibility index (Phi) is 7.45. The Morgan fingerprint density at radius 3 is 2.75 bits per heavy atom. The normalized spacial score (nSPS) is 15.2. The van der Waals surface area contributed by atoms with Crippen molar-refractivity contribution in [2.75, 3.05) is 39.3 Å². The van der Waals surface area contributed by atoms with Crippen molar-refractivity contribution >= 4 is 5.96 Å². The van der Waals surface area contributed by atoms with Crippen LogP contribution in [0.25, 0.3) is 11.6 Å². The van der Waals surface area contributed by atoms with E-state index in [1.54, 1.807) is 6.20 Å². The van der Waals surface area contributed by atoms with E-state index in [0.29, 0.717) is 30.4 Å². The molecule has 0 amide bonds. The van der Waals surface area contributed by atoms with E-state index in [-0.39, 0.29) is 0 Å². The molecular weight excluding hydrogens is 402 g/mol. The summed E-state index contributed by atoms with van der Waals surface area (Å²) in [6.07, 6.45) is 2.34. The summed E-state index contributed by atoms with van der Waals surface area (Å²) in [6.45, 7) is 10.7. The third-order valence-corrected chi connectivity index (χ3v) is 5.44. The summed E-state index contributed by atoms with van der Waals surface area (Å²) in [5, 5.41) is 7.49. The fourth-order valence-corrected chi connectivity index (χ4v) is 3.82. The molecule has 8 heteroatoms. The molecule has 1 aliphatic heterocycles. The van der Waals surface area contributed by atoms with Crippen LogP contribution in [0.4, 0.5) is 0 Å².